The van der Waals surface area contributed by atoms with Crippen LogP contribution in [-0.4, -0.2) is 5.78 Å². The molecule has 1 radical (unpaired) electrons. The highest BCUT2D eigenvalue weighted by molar-refractivity contribution is 6.07. The number of furan rings is 1. The molecule has 0 fully saturated rings. The molecule has 0 saturated heterocycles. The fourth-order valence-corrected chi connectivity index (χ4v) is 1.21. The van der Waals surface area contributed by atoms with Crippen LogP contribution in [0.5, 0.6) is 0 Å². The minimum atomic E-state index is -0.281. The van der Waals surface area contributed by atoms with E-state index in [4.69, 9.17) is 4.42 Å². The summed E-state index contributed by atoms with van der Waals surface area (Å²) in [6, 6.07) is 7.50. The SMILES string of the molecule is [CH2]C(=O)c1occ2ccccc12. The van der Waals surface area contributed by atoms with Crippen LogP contribution in [0, 0.1) is 6.92 Å². The average molecular weight is 159 g/mol. The molecule has 2 heteroatoms. The van der Waals surface area contributed by atoms with Crippen molar-refractivity contribution in [2.75, 3.05) is 0 Å². The van der Waals surface area contributed by atoms with Gasteiger partial charge in [-0.25, -0.2) is 0 Å². The molecule has 0 aliphatic rings. The van der Waals surface area contributed by atoms with Crippen LogP contribution in [0.3, 0.4) is 0 Å². The predicted molar refractivity (Wildman–Crippen MR) is 45.9 cm³/mol. The van der Waals surface area contributed by atoms with Gasteiger partial charge in [0.15, 0.2) is 11.5 Å². The number of hydrogen-bond donors (Lipinski definition) is 0. The molecule has 12 heavy (non-hydrogen) atoms. The average Bonchev–Trinajstić information content (AvgIpc) is 2.47. The Hall–Kier alpha value is -1.57. The first-order chi connectivity index (χ1) is 5.79. The molecule has 1 aromatic heterocycles. The molecule has 0 N–H and O–H groups in total. The molecule has 0 aliphatic carbocycles. The van der Waals surface area contributed by atoms with Crippen molar-refractivity contribution < 1.29 is 9.21 Å². The Kier molecular flexibility index (Phi) is 1.47. The lowest BCUT2D eigenvalue weighted by Gasteiger charge is -1.88. The van der Waals surface area contributed by atoms with Crippen LogP contribution in [0.1, 0.15) is 10.6 Å². The maximum atomic E-state index is 10.9. The number of hydrogen-bond acceptors (Lipinski definition) is 2. The maximum Gasteiger partial charge on any atom is 0.199 e. The van der Waals surface area contributed by atoms with Gasteiger partial charge >= 0.3 is 0 Å². The van der Waals surface area contributed by atoms with Crippen LogP contribution in [0.2, 0.25) is 0 Å². The first-order valence-electron chi connectivity index (χ1n) is 3.61. The Bertz CT molecular complexity index is 426. The van der Waals surface area contributed by atoms with Crippen molar-refractivity contribution in [2.24, 2.45) is 0 Å². The second-order valence-electron chi connectivity index (χ2n) is 2.58. The van der Waals surface area contributed by atoms with Crippen molar-refractivity contribution in [3.63, 3.8) is 0 Å². The summed E-state index contributed by atoms with van der Waals surface area (Å²) in [5.41, 5.74) is 0. The van der Waals surface area contributed by atoms with Gasteiger partial charge in [-0.15, -0.1) is 0 Å². The molecule has 2 nitrogen and oxygen atoms in total. The summed E-state index contributed by atoms with van der Waals surface area (Å²) in [7, 11) is 0. The summed E-state index contributed by atoms with van der Waals surface area (Å²) < 4.78 is 5.06. The molecule has 0 saturated carbocycles. The Morgan fingerprint density at radius 2 is 2.08 bits per heavy atom. The van der Waals surface area contributed by atoms with Crippen molar-refractivity contribution in [1.29, 1.82) is 0 Å². The van der Waals surface area contributed by atoms with Crippen LogP contribution in [0.25, 0.3) is 10.8 Å². The zero-order chi connectivity index (χ0) is 8.55. The second kappa shape index (κ2) is 2.48. The van der Waals surface area contributed by atoms with Gasteiger partial charge in [0.1, 0.15) is 0 Å². The van der Waals surface area contributed by atoms with E-state index in [1.54, 1.807) is 6.26 Å². The van der Waals surface area contributed by atoms with Crippen LogP contribution in [0.4, 0.5) is 0 Å². The van der Waals surface area contributed by atoms with Crippen LogP contribution >= 0.6 is 0 Å². The Balaban J connectivity index is 2.79. The van der Waals surface area contributed by atoms with Gasteiger partial charge in [0.2, 0.25) is 0 Å². The lowest BCUT2D eigenvalue weighted by Crippen LogP contribution is -1.88. The molecule has 2 rings (SSSR count). The second-order valence-corrected chi connectivity index (χ2v) is 2.58. The highest BCUT2D eigenvalue weighted by Gasteiger charge is 2.08. The van der Waals surface area contributed by atoms with Gasteiger partial charge in [-0.05, 0) is 0 Å². The minimum Gasteiger partial charge on any atom is -0.460 e. The smallest absolute Gasteiger partial charge is 0.199 e. The molecule has 0 unspecified atom stereocenters. The Morgan fingerprint density at radius 1 is 1.33 bits per heavy atom. The van der Waals surface area contributed by atoms with E-state index in [1.165, 1.54) is 0 Å². The third-order valence-electron chi connectivity index (χ3n) is 1.76. The molecule has 0 bridgehead atoms. The molecule has 0 aliphatic heterocycles. The van der Waals surface area contributed by atoms with Crippen molar-refractivity contribution in [2.45, 2.75) is 0 Å². The predicted octanol–water partition coefficient (Wildman–Crippen LogP) is 2.45. The molecule has 1 aromatic carbocycles. The Labute approximate surface area is 69.8 Å². The standard InChI is InChI=1S/C10H7O2/c1-7(11)10-9-5-3-2-4-8(9)6-12-10/h2-6H,1H2. The fraction of sp³-hybridized carbons (Fsp3) is 0. The quantitative estimate of drug-likeness (QED) is 0.598. The lowest BCUT2D eigenvalue weighted by atomic mass is 10.1. The van der Waals surface area contributed by atoms with E-state index in [0.717, 1.165) is 10.8 Å². The molecule has 0 atom stereocenters. The normalized spacial score (nSPS) is 10.4. The van der Waals surface area contributed by atoms with Crippen LogP contribution < -0.4 is 0 Å². The van der Waals surface area contributed by atoms with E-state index < -0.39 is 0 Å². The third kappa shape index (κ3) is 0.925. The van der Waals surface area contributed by atoms with E-state index in [9.17, 15) is 4.79 Å². The van der Waals surface area contributed by atoms with E-state index in [-0.39, 0.29) is 5.78 Å². The molecule has 0 amide bonds. The summed E-state index contributed by atoms with van der Waals surface area (Å²) in [5.74, 6) is 0.0572. The van der Waals surface area contributed by atoms with Crippen LogP contribution in [0.15, 0.2) is 34.9 Å². The van der Waals surface area contributed by atoms with Crippen molar-refractivity contribution in [1.82, 2.24) is 0 Å². The Morgan fingerprint density at radius 3 is 2.83 bits per heavy atom. The molecule has 59 valence electrons. The summed E-state index contributed by atoms with van der Waals surface area (Å²) in [4.78, 5) is 10.9. The molecular weight excluding hydrogens is 152 g/mol. The number of ketones is 1. The monoisotopic (exact) mass is 159 g/mol. The van der Waals surface area contributed by atoms with Crippen molar-refractivity contribution >= 4 is 16.6 Å². The van der Waals surface area contributed by atoms with Gasteiger partial charge in [0.25, 0.3) is 0 Å². The van der Waals surface area contributed by atoms with Gasteiger partial charge in [0, 0.05) is 17.7 Å². The van der Waals surface area contributed by atoms with Crippen LogP contribution in [-0.2, 0) is 0 Å². The lowest BCUT2D eigenvalue weighted by molar-refractivity contribution is 0.102. The highest BCUT2D eigenvalue weighted by atomic mass is 16.3. The number of benzene rings is 1. The van der Waals surface area contributed by atoms with Gasteiger partial charge in [0.05, 0.1) is 6.26 Å². The zero-order valence-corrected chi connectivity index (χ0v) is 6.41. The van der Waals surface area contributed by atoms with Crippen molar-refractivity contribution in [3.8, 4) is 0 Å². The van der Waals surface area contributed by atoms with Crippen molar-refractivity contribution in [3.05, 3.63) is 43.2 Å². The topological polar surface area (TPSA) is 30.2 Å². The fourth-order valence-electron chi connectivity index (χ4n) is 1.21. The number of fused-ring (bicyclic) bond motifs is 1. The zero-order valence-electron chi connectivity index (χ0n) is 6.41. The van der Waals surface area contributed by atoms with Gasteiger partial charge in [-0.3, -0.25) is 4.79 Å². The molecule has 0 spiro atoms. The third-order valence-corrected chi connectivity index (χ3v) is 1.76. The van der Waals surface area contributed by atoms with E-state index in [2.05, 4.69) is 6.92 Å². The number of carbonyl (C=O) groups is 1. The first-order valence-corrected chi connectivity index (χ1v) is 3.61. The highest BCUT2D eigenvalue weighted by Crippen LogP contribution is 2.20. The van der Waals surface area contributed by atoms with Gasteiger partial charge in [-0.2, -0.15) is 0 Å². The summed E-state index contributed by atoms with van der Waals surface area (Å²) in [6.07, 6.45) is 1.56. The van der Waals surface area contributed by atoms with Gasteiger partial charge < -0.3 is 4.42 Å². The van der Waals surface area contributed by atoms with Gasteiger partial charge in [-0.1, -0.05) is 24.3 Å². The summed E-state index contributed by atoms with van der Waals surface area (Å²) >= 11 is 0. The summed E-state index contributed by atoms with van der Waals surface area (Å²) in [6.45, 7) is 3.30. The number of Topliss-reactive ketones (excluding diaryl/α,β-unsaturated/α-hetero) is 1. The molecule has 2 aromatic rings. The summed E-state index contributed by atoms with van der Waals surface area (Å²) in [5, 5.41) is 1.77. The van der Waals surface area contributed by atoms with E-state index in [0.29, 0.717) is 5.76 Å². The number of carbonyl (C=O) groups excluding carboxylic acids is 1. The largest absolute Gasteiger partial charge is 0.460 e. The van der Waals surface area contributed by atoms with E-state index in [1.807, 2.05) is 24.3 Å². The first kappa shape index (κ1) is 7.10. The maximum absolute atomic E-state index is 10.9. The van der Waals surface area contributed by atoms with E-state index >= 15 is 0 Å². The minimum absolute atomic E-state index is 0.281. The molecule has 1 heterocycles. The number of rotatable bonds is 1. The molecular formula is C10H7O2.